The molecule has 3 aromatic carbocycles. The van der Waals surface area contributed by atoms with Crippen LogP contribution in [-0.4, -0.2) is 6.61 Å². The fourth-order valence-corrected chi connectivity index (χ4v) is 5.20. The van der Waals surface area contributed by atoms with E-state index in [1.807, 2.05) is 19.1 Å². The molecule has 0 amide bonds. The molecule has 0 saturated heterocycles. The third-order valence-corrected chi connectivity index (χ3v) is 7.16. The van der Waals surface area contributed by atoms with E-state index in [4.69, 9.17) is 4.74 Å². The summed E-state index contributed by atoms with van der Waals surface area (Å²) in [6.45, 7) is 4.96. The Morgan fingerprint density at radius 1 is 0.812 bits per heavy atom. The summed E-state index contributed by atoms with van der Waals surface area (Å²) in [7, 11) is 0. The van der Waals surface area contributed by atoms with Crippen LogP contribution in [0.2, 0.25) is 0 Å². The van der Waals surface area contributed by atoms with Gasteiger partial charge in [0.05, 0.1) is 0 Å². The van der Waals surface area contributed by atoms with Gasteiger partial charge in [-0.15, -0.1) is 0 Å². The third-order valence-electron chi connectivity index (χ3n) is 7.16. The van der Waals surface area contributed by atoms with E-state index in [-0.39, 0.29) is 0 Å². The van der Waals surface area contributed by atoms with E-state index < -0.39 is 0 Å². The van der Waals surface area contributed by atoms with Gasteiger partial charge in [-0.2, -0.15) is 0 Å². The Labute approximate surface area is 194 Å². The number of rotatable bonds is 9. The molecule has 0 atom stereocenters. The summed E-state index contributed by atoms with van der Waals surface area (Å²) in [5.74, 6) is 2.70. The fourth-order valence-electron chi connectivity index (χ4n) is 5.20. The lowest BCUT2D eigenvalue weighted by molar-refractivity contribution is 0.308. The first-order valence-corrected chi connectivity index (χ1v) is 12.6. The number of hydrogen-bond donors (Lipinski definition) is 0. The lowest BCUT2D eigenvalue weighted by Crippen LogP contribution is -2.13. The van der Waals surface area contributed by atoms with Crippen molar-refractivity contribution in [1.29, 1.82) is 0 Å². The van der Waals surface area contributed by atoms with Crippen LogP contribution in [0.5, 0.6) is 5.75 Å². The molecule has 0 unspecified atom stereocenters. The van der Waals surface area contributed by atoms with Crippen LogP contribution in [0, 0.1) is 5.92 Å². The molecule has 1 aliphatic rings. The van der Waals surface area contributed by atoms with E-state index in [0.717, 1.165) is 30.4 Å². The highest BCUT2D eigenvalue weighted by Crippen LogP contribution is 2.37. The zero-order valence-corrected chi connectivity index (χ0v) is 19.9. The molecule has 0 spiro atoms. The maximum absolute atomic E-state index is 5.77. The van der Waals surface area contributed by atoms with Crippen molar-refractivity contribution in [3.05, 3.63) is 89.5 Å². The Balaban J connectivity index is 1.31. The van der Waals surface area contributed by atoms with Gasteiger partial charge in [-0.25, -0.2) is 0 Å². The van der Waals surface area contributed by atoms with Gasteiger partial charge in [-0.1, -0.05) is 80.4 Å². The second kappa shape index (κ2) is 11.4. The Kier molecular flexibility index (Phi) is 8.04. The van der Waals surface area contributed by atoms with Crippen LogP contribution < -0.4 is 4.74 Å². The van der Waals surface area contributed by atoms with Gasteiger partial charge in [-0.3, -0.25) is 0 Å². The van der Waals surface area contributed by atoms with Crippen molar-refractivity contribution in [2.45, 2.75) is 71.1 Å². The van der Waals surface area contributed by atoms with Crippen molar-refractivity contribution in [3.8, 4) is 5.75 Å². The molecule has 0 aliphatic heterocycles. The van der Waals surface area contributed by atoms with Gasteiger partial charge in [-0.05, 0) is 96.9 Å². The second-order valence-electron chi connectivity index (χ2n) is 9.47. The van der Waals surface area contributed by atoms with Crippen LogP contribution in [-0.2, 0) is 12.8 Å². The summed E-state index contributed by atoms with van der Waals surface area (Å²) in [4.78, 5) is 0. The Morgan fingerprint density at radius 3 is 2.25 bits per heavy atom. The summed E-state index contributed by atoms with van der Waals surface area (Å²) in [6.07, 6.45) is 14.6. The molecule has 1 aliphatic carbocycles. The minimum atomic E-state index is 0.624. The number of fused-ring (bicyclic) bond motifs is 1. The summed E-state index contributed by atoms with van der Waals surface area (Å²) in [6, 6.07) is 22.7. The third kappa shape index (κ3) is 6.03. The van der Waals surface area contributed by atoms with Crippen molar-refractivity contribution in [2.24, 2.45) is 5.92 Å². The summed E-state index contributed by atoms with van der Waals surface area (Å²) in [5, 5.41) is 2.53. The summed E-state index contributed by atoms with van der Waals surface area (Å²) in [5.41, 5.74) is 4.40. The van der Waals surface area contributed by atoms with Crippen LogP contribution in [0.25, 0.3) is 10.8 Å². The molecule has 1 heteroatoms. The molecule has 0 aromatic heterocycles. The molecule has 0 bridgehead atoms. The number of benzene rings is 3. The number of ether oxygens (including phenoxy) is 1. The first-order valence-electron chi connectivity index (χ1n) is 12.6. The number of hydrogen-bond acceptors (Lipinski definition) is 1. The highest BCUT2D eigenvalue weighted by Gasteiger charge is 2.21. The van der Waals surface area contributed by atoms with Crippen LogP contribution in [0.3, 0.4) is 0 Å². The summed E-state index contributed by atoms with van der Waals surface area (Å²) >= 11 is 0. The van der Waals surface area contributed by atoms with Gasteiger partial charge in [0.2, 0.25) is 0 Å². The molecule has 1 fully saturated rings. The van der Waals surface area contributed by atoms with E-state index in [1.165, 1.54) is 60.4 Å². The van der Waals surface area contributed by atoms with Crippen LogP contribution in [0.1, 0.15) is 75.0 Å². The van der Waals surface area contributed by atoms with Crippen molar-refractivity contribution in [1.82, 2.24) is 0 Å². The molecular formula is C31H38O. The van der Waals surface area contributed by atoms with Gasteiger partial charge >= 0.3 is 0 Å². The first kappa shape index (κ1) is 22.6. The largest absolute Gasteiger partial charge is 0.490 e. The molecule has 1 nitrogen and oxygen atoms in total. The fraction of sp³-hybridized carbons (Fsp3) is 0.419. The van der Waals surface area contributed by atoms with Gasteiger partial charge in [0.1, 0.15) is 12.4 Å². The van der Waals surface area contributed by atoms with Crippen molar-refractivity contribution in [2.75, 3.05) is 6.61 Å². The van der Waals surface area contributed by atoms with Crippen molar-refractivity contribution < 1.29 is 4.74 Å². The standard InChI is InChI=1S/C31H38O/c1-3-5-21-32-31-20-19-29-22-26(13-18-30(29)23-31)8-7-25-11-16-28(17-12-25)27-14-9-24(6-4-2)10-15-27/h3,5,11-13,16-20,22-24,27H,4,6-10,14-15,21H2,1-2H3. The highest BCUT2D eigenvalue weighted by atomic mass is 16.5. The number of aryl methyl sites for hydroxylation is 2. The van der Waals surface area contributed by atoms with E-state index in [0.29, 0.717) is 6.61 Å². The zero-order valence-electron chi connectivity index (χ0n) is 19.9. The first-order chi connectivity index (χ1) is 15.7. The average Bonchev–Trinajstić information content (AvgIpc) is 2.84. The van der Waals surface area contributed by atoms with E-state index in [9.17, 15) is 0 Å². The van der Waals surface area contributed by atoms with Crippen LogP contribution >= 0.6 is 0 Å². The Bertz CT molecular complexity index is 1010. The quantitative estimate of drug-likeness (QED) is 0.311. The lowest BCUT2D eigenvalue weighted by atomic mass is 9.77. The van der Waals surface area contributed by atoms with Crippen molar-refractivity contribution in [3.63, 3.8) is 0 Å². The maximum Gasteiger partial charge on any atom is 0.120 e. The average molecular weight is 427 g/mol. The minimum absolute atomic E-state index is 0.624. The van der Waals surface area contributed by atoms with Crippen LogP contribution in [0.4, 0.5) is 0 Å². The summed E-state index contributed by atoms with van der Waals surface area (Å²) < 4.78 is 5.77. The van der Waals surface area contributed by atoms with Gasteiger partial charge < -0.3 is 4.74 Å². The molecule has 0 N–H and O–H groups in total. The molecule has 32 heavy (non-hydrogen) atoms. The minimum Gasteiger partial charge on any atom is -0.490 e. The predicted molar refractivity (Wildman–Crippen MR) is 138 cm³/mol. The monoisotopic (exact) mass is 426 g/mol. The van der Waals surface area contributed by atoms with E-state index in [2.05, 4.69) is 67.6 Å². The molecule has 0 radical (unpaired) electrons. The van der Waals surface area contributed by atoms with Crippen LogP contribution in [0.15, 0.2) is 72.8 Å². The maximum atomic E-state index is 5.77. The number of allylic oxidation sites excluding steroid dienone is 1. The van der Waals surface area contributed by atoms with Crippen molar-refractivity contribution >= 4 is 10.8 Å². The topological polar surface area (TPSA) is 9.23 Å². The lowest BCUT2D eigenvalue weighted by Gasteiger charge is -2.28. The molecular weight excluding hydrogens is 388 g/mol. The molecule has 1 saturated carbocycles. The zero-order chi connectivity index (χ0) is 22.2. The predicted octanol–water partition coefficient (Wildman–Crippen LogP) is 8.65. The Hall–Kier alpha value is -2.54. The normalized spacial score (nSPS) is 18.9. The molecule has 0 heterocycles. The Morgan fingerprint density at radius 2 is 1.50 bits per heavy atom. The van der Waals surface area contributed by atoms with E-state index >= 15 is 0 Å². The second-order valence-corrected chi connectivity index (χ2v) is 9.47. The molecule has 3 aromatic rings. The van der Waals surface area contributed by atoms with E-state index in [1.54, 1.807) is 5.56 Å². The molecule has 168 valence electrons. The smallest absolute Gasteiger partial charge is 0.120 e. The molecule has 4 rings (SSSR count). The highest BCUT2D eigenvalue weighted by molar-refractivity contribution is 5.84. The SMILES string of the molecule is CC=CCOc1ccc2cc(CCc3ccc(C4CCC(CCC)CC4)cc3)ccc2c1. The van der Waals surface area contributed by atoms with Gasteiger partial charge in [0, 0.05) is 0 Å². The van der Waals surface area contributed by atoms with Gasteiger partial charge in [0.15, 0.2) is 0 Å². The van der Waals surface area contributed by atoms with Gasteiger partial charge in [0.25, 0.3) is 0 Å².